The molecule has 2 aromatic carbocycles. The number of hydrogen-bond donors (Lipinski definition) is 3. The fourth-order valence-corrected chi connectivity index (χ4v) is 3.31. The predicted molar refractivity (Wildman–Crippen MR) is 105 cm³/mol. The quantitative estimate of drug-likeness (QED) is 0.598. The molecule has 0 heterocycles. The molecule has 1 unspecified atom stereocenters. The van der Waals surface area contributed by atoms with Gasteiger partial charge in [0.2, 0.25) is 11.8 Å². The van der Waals surface area contributed by atoms with Gasteiger partial charge >= 0.3 is 5.97 Å². The molecule has 0 radical (unpaired) electrons. The molecule has 7 nitrogen and oxygen atoms in total. The van der Waals surface area contributed by atoms with Crippen LogP contribution in [0, 0.1) is 0 Å². The van der Waals surface area contributed by atoms with Crippen molar-refractivity contribution in [1.82, 2.24) is 4.90 Å². The van der Waals surface area contributed by atoms with Crippen molar-refractivity contribution in [3.63, 3.8) is 0 Å². The number of nitrogens with two attached hydrogens (primary N) is 2. The number of hydrogen-bond acceptors (Lipinski definition) is 4. The first-order valence-electron chi connectivity index (χ1n) is 8.93. The average Bonchev–Trinajstić information content (AvgIpc) is 2.67. The molecule has 0 saturated heterocycles. The molecule has 0 aliphatic heterocycles. The largest absolute Gasteiger partial charge is 0.481 e. The number of amides is 2. The van der Waals surface area contributed by atoms with Gasteiger partial charge in [-0.3, -0.25) is 14.4 Å². The standard InChI is InChI=1S/C21H25N3O4/c1-24(21(28)17(22)13-18(25)26)19(20(23)27)16(15-10-6-3-7-11-15)12-14-8-4-2-5-9-14/h2-11,16-17,19H,12-13,22H2,1H3,(H2,23,27)(H,25,26)/t16?,17-,19-/m0/s1. The Bertz CT molecular complexity index is 811. The summed E-state index contributed by atoms with van der Waals surface area (Å²) >= 11 is 0. The van der Waals surface area contributed by atoms with Crippen molar-refractivity contribution in [3.05, 3.63) is 71.8 Å². The van der Waals surface area contributed by atoms with Crippen LogP contribution in [0.5, 0.6) is 0 Å². The number of likely N-dealkylation sites (N-methyl/N-ethyl adjacent to an activating group) is 1. The summed E-state index contributed by atoms with van der Waals surface area (Å²) in [5.74, 6) is -2.91. The zero-order valence-corrected chi connectivity index (χ0v) is 15.7. The Morgan fingerprint density at radius 2 is 1.54 bits per heavy atom. The molecule has 0 fully saturated rings. The first-order valence-corrected chi connectivity index (χ1v) is 8.93. The number of primary amides is 1. The third-order valence-corrected chi connectivity index (χ3v) is 4.68. The summed E-state index contributed by atoms with van der Waals surface area (Å²) in [5, 5.41) is 8.90. The van der Waals surface area contributed by atoms with Gasteiger partial charge in [-0.2, -0.15) is 0 Å². The van der Waals surface area contributed by atoms with Gasteiger partial charge in [0.1, 0.15) is 6.04 Å². The van der Waals surface area contributed by atoms with Gasteiger partial charge in [0, 0.05) is 13.0 Å². The highest BCUT2D eigenvalue weighted by atomic mass is 16.4. The van der Waals surface area contributed by atoms with E-state index in [1.54, 1.807) is 0 Å². The number of benzene rings is 2. The van der Waals surface area contributed by atoms with E-state index < -0.39 is 42.2 Å². The zero-order valence-electron chi connectivity index (χ0n) is 15.7. The van der Waals surface area contributed by atoms with Crippen LogP contribution in [0.25, 0.3) is 0 Å². The van der Waals surface area contributed by atoms with Gasteiger partial charge in [0.15, 0.2) is 0 Å². The summed E-state index contributed by atoms with van der Waals surface area (Å²) in [7, 11) is 1.43. The van der Waals surface area contributed by atoms with Gasteiger partial charge in [-0.15, -0.1) is 0 Å². The maximum Gasteiger partial charge on any atom is 0.305 e. The Balaban J connectivity index is 2.39. The molecule has 5 N–H and O–H groups in total. The Hall–Kier alpha value is -3.19. The summed E-state index contributed by atoms with van der Waals surface area (Å²) in [6.45, 7) is 0. The van der Waals surface area contributed by atoms with Crippen LogP contribution < -0.4 is 11.5 Å². The smallest absolute Gasteiger partial charge is 0.305 e. The van der Waals surface area contributed by atoms with Crippen molar-refractivity contribution in [2.45, 2.75) is 30.8 Å². The molecule has 28 heavy (non-hydrogen) atoms. The Morgan fingerprint density at radius 3 is 2.04 bits per heavy atom. The highest BCUT2D eigenvalue weighted by molar-refractivity contribution is 5.91. The molecule has 2 aromatic rings. The Labute approximate surface area is 163 Å². The number of carboxylic acids is 1. The lowest BCUT2D eigenvalue weighted by Crippen LogP contribution is -2.54. The van der Waals surface area contributed by atoms with Crippen LogP contribution >= 0.6 is 0 Å². The third-order valence-electron chi connectivity index (χ3n) is 4.68. The molecule has 0 aliphatic carbocycles. The van der Waals surface area contributed by atoms with Crippen molar-refractivity contribution in [2.24, 2.45) is 11.5 Å². The molecule has 0 bridgehead atoms. The molecule has 7 heteroatoms. The molecular weight excluding hydrogens is 358 g/mol. The first-order chi connectivity index (χ1) is 13.3. The van der Waals surface area contributed by atoms with E-state index in [4.69, 9.17) is 16.6 Å². The maximum atomic E-state index is 12.6. The van der Waals surface area contributed by atoms with Crippen molar-refractivity contribution in [2.75, 3.05) is 7.05 Å². The van der Waals surface area contributed by atoms with Gasteiger partial charge in [0.05, 0.1) is 12.5 Å². The summed E-state index contributed by atoms with van der Waals surface area (Å²) < 4.78 is 0. The molecule has 0 aromatic heterocycles. The maximum absolute atomic E-state index is 12.6. The van der Waals surface area contributed by atoms with Crippen molar-refractivity contribution in [3.8, 4) is 0 Å². The van der Waals surface area contributed by atoms with Crippen LogP contribution in [0.3, 0.4) is 0 Å². The molecule has 0 aliphatic rings. The summed E-state index contributed by atoms with van der Waals surface area (Å²) in [4.78, 5) is 37.1. The molecule has 3 atom stereocenters. The molecule has 2 amide bonds. The zero-order chi connectivity index (χ0) is 20.7. The lowest BCUT2D eigenvalue weighted by molar-refractivity contribution is -0.144. The molecule has 2 rings (SSSR count). The minimum atomic E-state index is -1.25. The lowest BCUT2D eigenvalue weighted by Gasteiger charge is -2.34. The molecular formula is C21H25N3O4. The molecule has 0 spiro atoms. The minimum Gasteiger partial charge on any atom is -0.481 e. The van der Waals surface area contributed by atoms with Crippen molar-refractivity contribution >= 4 is 17.8 Å². The topological polar surface area (TPSA) is 127 Å². The van der Waals surface area contributed by atoms with Crippen LogP contribution in [-0.2, 0) is 20.8 Å². The normalized spacial score (nSPS) is 13.9. The SMILES string of the molecule is CN(C(=O)[C@@H](N)CC(=O)O)[C@H](C(N)=O)C(Cc1ccccc1)c1ccccc1. The monoisotopic (exact) mass is 383 g/mol. The number of carboxylic acid groups (broad SMARTS) is 1. The van der Waals surface area contributed by atoms with Crippen LogP contribution in [0.4, 0.5) is 0 Å². The highest BCUT2D eigenvalue weighted by Crippen LogP contribution is 2.28. The van der Waals surface area contributed by atoms with Crippen LogP contribution in [-0.4, -0.2) is 46.9 Å². The van der Waals surface area contributed by atoms with Crippen LogP contribution in [0.2, 0.25) is 0 Å². The van der Waals surface area contributed by atoms with E-state index in [9.17, 15) is 14.4 Å². The van der Waals surface area contributed by atoms with E-state index in [1.165, 1.54) is 11.9 Å². The minimum absolute atomic E-state index is 0.410. The third kappa shape index (κ3) is 5.40. The summed E-state index contributed by atoms with van der Waals surface area (Å²) in [6.07, 6.45) is -0.0480. The van der Waals surface area contributed by atoms with Gasteiger partial charge in [-0.05, 0) is 17.5 Å². The second kappa shape index (κ2) is 9.66. The van der Waals surface area contributed by atoms with Gasteiger partial charge in [0.25, 0.3) is 0 Å². The fourth-order valence-electron chi connectivity index (χ4n) is 3.31. The van der Waals surface area contributed by atoms with E-state index in [1.807, 2.05) is 60.7 Å². The number of carbonyl (C=O) groups excluding carboxylic acids is 2. The second-order valence-electron chi connectivity index (χ2n) is 6.71. The molecule has 0 saturated carbocycles. The Morgan fingerprint density at radius 1 is 1.00 bits per heavy atom. The van der Waals surface area contributed by atoms with E-state index in [-0.39, 0.29) is 0 Å². The van der Waals surface area contributed by atoms with E-state index >= 15 is 0 Å². The van der Waals surface area contributed by atoms with E-state index in [2.05, 4.69) is 0 Å². The predicted octanol–water partition coefficient (Wildman–Crippen LogP) is 1.13. The van der Waals surface area contributed by atoms with E-state index in [0.717, 1.165) is 11.1 Å². The van der Waals surface area contributed by atoms with E-state index in [0.29, 0.717) is 6.42 Å². The van der Waals surface area contributed by atoms with Crippen LogP contribution in [0.1, 0.15) is 23.5 Å². The number of nitrogens with zero attached hydrogens (tertiary/aromatic N) is 1. The number of carbonyl (C=O) groups is 3. The Kier molecular flexibility index (Phi) is 7.28. The second-order valence-corrected chi connectivity index (χ2v) is 6.71. The summed E-state index contributed by atoms with van der Waals surface area (Å²) in [6, 6.07) is 16.6. The van der Waals surface area contributed by atoms with Gasteiger partial charge in [-0.25, -0.2) is 0 Å². The average molecular weight is 383 g/mol. The highest BCUT2D eigenvalue weighted by Gasteiger charge is 2.36. The fraction of sp³-hybridized carbons (Fsp3) is 0.286. The summed E-state index contributed by atoms with van der Waals surface area (Å²) in [5.41, 5.74) is 13.2. The first kappa shape index (κ1) is 21.1. The van der Waals surface area contributed by atoms with Gasteiger partial charge in [-0.1, -0.05) is 60.7 Å². The van der Waals surface area contributed by atoms with Crippen molar-refractivity contribution in [1.29, 1.82) is 0 Å². The van der Waals surface area contributed by atoms with Crippen LogP contribution in [0.15, 0.2) is 60.7 Å². The number of aliphatic carboxylic acids is 1. The van der Waals surface area contributed by atoms with Gasteiger partial charge < -0.3 is 21.5 Å². The van der Waals surface area contributed by atoms with Crippen molar-refractivity contribution < 1.29 is 19.5 Å². The number of rotatable bonds is 9. The molecule has 148 valence electrons. The lowest BCUT2D eigenvalue weighted by atomic mass is 9.84.